The number of rotatable bonds is 4. The Bertz CT molecular complexity index is 1060. The van der Waals surface area contributed by atoms with E-state index in [-0.39, 0.29) is 5.91 Å². The number of hydrogen-bond acceptors (Lipinski definition) is 2. The standard InChI is InChI=1S/C23H16Cl2N2O/c24-19-10-6-16(7-11-19)14-21-23(28)27(15-17-8-12-20(25)13-9-17)22(26-21)18-4-2-1-3-5-18/h1-14H,15H2/b21-14-. The number of amides is 1. The highest BCUT2D eigenvalue weighted by molar-refractivity contribution is 6.30. The first kappa shape index (κ1) is 18.5. The summed E-state index contributed by atoms with van der Waals surface area (Å²) in [5.74, 6) is 0.504. The molecule has 1 amide bonds. The molecule has 0 unspecified atom stereocenters. The summed E-state index contributed by atoms with van der Waals surface area (Å²) >= 11 is 11.9. The average molecular weight is 407 g/mol. The third-order valence-electron chi connectivity index (χ3n) is 4.41. The van der Waals surface area contributed by atoms with Crippen LogP contribution < -0.4 is 0 Å². The van der Waals surface area contributed by atoms with E-state index in [2.05, 4.69) is 4.99 Å². The second kappa shape index (κ2) is 8.01. The van der Waals surface area contributed by atoms with E-state index in [1.807, 2.05) is 66.7 Å². The largest absolute Gasteiger partial charge is 0.286 e. The van der Waals surface area contributed by atoms with Crippen molar-refractivity contribution in [3.8, 4) is 0 Å². The molecular formula is C23H16Cl2N2O. The molecule has 0 saturated carbocycles. The lowest BCUT2D eigenvalue weighted by Gasteiger charge is -2.18. The van der Waals surface area contributed by atoms with Crippen molar-refractivity contribution in [1.82, 2.24) is 4.90 Å². The maximum atomic E-state index is 13.1. The van der Waals surface area contributed by atoms with Gasteiger partial charge in [0.15, 0.2) is 0 Å². The fraction of sp³-hybridized carbons (Fsp3) is 0.0435. The fourth-order valence-electron chi connectivity index (χ4n) is 2.99. The van der Waals surface area contributed by atoms with Crippen molar-refractivity contribution in [3.05, 3.63) is 111 Å². The summed E-state index contributed by atoms with van der Waals surface area (Å²) < 4.78 is 0. The van der Waals surface area contributed by atoms with Crippen LogP contribution in [-0.2, 0) is 11.3 Å². The Hall–Kier alpha value is -2.88. The van der Waals surface area contributed by atoms with Crippen molar-refractivity contribution >= 4 is 41.0 Å². The summed E-state index contributed by atoms with van der Waals surface area (Å²) in [5.41, 5.74) is 3.14. The Morgan fingerprint density at radius 2 is 1.43 bits per heavy atom. The average Bonchev–Trinajstić information content (AvgIpc) is 3.02. The Morgan fingerprint density at radius 1 is 0.821 bits per heavy atom. The van der Waals surface area contributed by atoms with Crippen molar-refractivity contribution in [2.75, 3.05) is 0 Å². The van der Waals surface area contributed by atoms with E-state index in [0.717, 1.165) is 16.7 Å². The number of carbonyl (C=O) groups is 1. The van der Waals surface area contributed by atoms with Gasteiger partial charge in [-0.25, -0.2) is 4.99 Å². The van der Waals surface area contributed by atoms with Crippen molar-refractivity contribution in [1.29, 1.82) is 0 Å². The molecule has 3 aromatic carbocycles. The van der Waals surface area contributed by atoms with Gasteiger partial charge in [-0.1, -0.05) is 77.8 Å². The van der Waals surface area contributed by atoms with Gasteiger partial charge in [0.25, 0.3) is 5.91 Å². The van der Waals surface area contributed by atoms with Crippen LogP contribution in [0.4, 0.5) is 0 Å². The van der Waals surface area contributed by atoms with Crippen LogP contribution in [0.1, 0.15) is 16.7 Å². The van der Waals surface area contributed by atoms with E-state index in [1.54, 1.807) is 23.1 Å². The maximum absolute atomic E-state index is 13.1. The zero-order valence-corrected chi connectivity index (χ0v) is 16.4. The molecule has 0 N–H and O–H groups in total. The van der Waals surface area contributed by atoms with E-state index >= 15 is 0 Å². The van der Waals surface area contributed by atoms with Gasteiger partial charge >= 0.3 is 0 Å². The molecule has 0 saturated heterocycles. The van der Waals surface area contributed by atoms with Gasteiger partial charge < -0.3 is 0 Å². The lowest BCUT2D eigenvalue weighted by Crippen LogP contribution is -2.32. The molecule has 0 atom stereocenters. The fourth-order valence-corrected chi connectivity index (χ4v) is 3.25. The van der Waals surface area contributed by atoms with Crippen LogP contribution in [0.3, 0.4) is 0 Å². The number of hydrogen-bond donors (Lipinski definition) is 0. The van der Waals surface area contributed by atoms with Crippen molar-refractivity contribution in [2.24, 2.45) is 4.99 Å². The Kier molecular flexibility index (Phi) is 5.29. The molecular weight excluding hydrogens is 391 g/mol. The van der Waals surface area contributed by atoms with Crippen molar-refractivity contribution in [2.45, 2.75) is 6.54 Å². The molecule has 1 heterocycles. The first-order chi connectivity index (χ1) is 13.6. The zero-order chi connectivity index (χ0) is 19.5. The number of carbonyl (C=O) groups excluding carboxylic acids is 1. The predicted molar refractivity (Wildman–Crippen MR) is 114 cm³/mol. The summed E-state index contributed by atoms with van der Waals surface area (Å²) in [7, 11) is 0. The molecule has 5 heteroatoms. The van der Waals surface area contributed by atoms with Crippen LogP contribution in [0.2, 0.25) is 10.0 Å². The molecule has 0 radical (unpaired) electrons. The molecule has 4 rings (SSSR count). The summed E-state index contributed by atoms with van der Waals surface area (Å²) in [6.07, 6.45) is 1.78. The molecule has 0 bridgehead atoms. The van der Waals surface area contributed by atoms with E-state index in [0.29, 0.717) is 28.1 Å². The lowest BCUT2D eigenvalue weighted by atomic mass is 10.1. The number of benzene rings is 3. The van der Waals surface area contributed by atoms with Gasteiger partial charge in [-0.3, -0.25) is 9.69 Å². The highest BCUT2D eigenvalue weighted by Gasteiger charge is 2.31. The highest BCUT2D eigenvalue weighted by atomic mass is 35.5. The van der Waals surface area contributed by atoms with Gasteiger partial charge in [0.1, 0.15) is 11.5 Å². The van der Waals surface area contributed by atoms with Gasteiger partial charge in [-0.15, -0.1) is 0 Å². The first-order valence-electron chi connectivity index (χ1n) is 8.78. The molecule has 0 fully saturated rings. The smallest absolute Gasteiger partial charge is 0.278 e. The van der Waals surface area contributed by atoms with Crippen LogP contribution in [0.25, 0.3) is 6.08 Å². The van der Waals surface area contributed by atoms with Crippen LogP contribution in [-0.4, -0.2) is 16.6 Å². The molecule has 0 spiro atoms. The normalized spacial score (nSPS) is 15.2. The molecule has 3 nitrogen and oxygen atoms in total. The number of amidine groups is 1. The molecule has 28 heavy (non-hydrogen) atoms. The maximum Gasteiger partial charge on any atom is 0.278 e. The van der Waals surface area contributed by atoms with Crippen LogP contribution in [0.15, 0.2) is 89.6 Å². The summed E-state index contributed by atoms with van der Waals surface area (Å²) in [5, 5.41) is 1.31. The quantitative estimate of drug-likeness (QED) is 0.502. The van der Waals surface area contributed by atoms with Crippen molar-refractivity contribution in [3.63, 3.8) is 0 Å². The Labute approximate surface area is 173 Å². The van der Waals surface area contributed by atoms with E-state index < -0.39 is 0 Å². The number of nitrogens with zero attached hydrogens (tertiary/aromatic N) is 2. The van der Waals surface area contributed by atoms with Crippen LogP contribution in [0.5, 0.6) is 0 Å². The molecule has 1 aliphatic heterocycles. The van der Waals surface area contributed by atoms with Gasteiger partial charge in [-0.2, -0.15) is 0 Å². The lowest BCUT2D eigenvalue weighted by molar-refractivity contribution is -0.123. The molecule has 0 aliphatic carbocycles. The van der Waals surface area contributed by atoms with Gasteiger partial charge in [0.2, 0.25) is 0 Å². The monoisotopic (exact) mass is 406 g/mol. The number of halogens is 2. The first-order valence-corrected chi connectivity index (χ1v) is 9.53. The SMILES string of the molecule is O=C1/C(=C/c2ccc(Cl)cc2)N=C(c2ccccc2)N1Cc1ccc(Cl)cc1. The van der Waals surface area contributed by atoms with E-state index in [1.165, 1.54) is 0 Å². The highest BCUT2D eigenvalue weighted by Crippen LogP contribution is 2.25. The van der Waals surface area contributed by atoms with Gasteiger partial charge in [0.05, 0.1) is 6.54 Å². The Morgan fingerprint density at radius 3 is 2.07 bits per heavy atom. The summed E-state index contributed by atoms with van der Waals surface area (Å²) in [6, 6.07) is 24.5. The Balaban J connectivity index is 1.71. The topological polar surface area (TPSA) is 32.7 Å². The second-order valence-electron chi connectivity index (χ2n) is 6.40. The van der Waals surface area contributed by atoms with Crippen molar-refractivity contribution < 1.29 is 4.79 Å². The number of aliphatic imine (C=N–C) groups is 1. The summed E-state index contributed by atoms with van der Waals surface area (Å²) in [6.45, 7) is 0.418. The second-order valence-corrected chi connectivity index (χ2v) is 7.27. The van der Waals surface area contributed by atoms with Crippen LogP contribution in [0, 0.1) is 0 Å². The molecule has 0 aromatic heterocycles. The third-order valence-corrected chi connectivity index (χ3v) is 4.91. The molecule has 3 aromatic rings. The van der Waals surface area contributed by atoms with Gasteiger partial charge in [0, 0.05) is 15.6 Å². The minimum absolute atomic E-state index is 0.135. The molecule has 138 valence electrons. The predicted octanol–water partition coefficient (Wildman–Crippen LogP) is 5.82. The third kappa shape index (κ3) is 4.01. The minimum Gasteiger partial charge on any atom is -0.286 e. The van der Waals surface area contributed by atoms with E-state index in [4.69, 9.17) is 23.2 Å². The van der Waals surface area contributed by atoms with E-state index in [9.17, 15) is 4.79 Å². The van der Waals surface area contributed by atoms with Gasteiger partial charge in [-0.05, 0) is 41.5 Å². The van der Waals surface area contributed by atoms with Crippen LogP contribution >= 0.6 is 23.2 Å². The zero-order valence-electron chi connectivity index (χ0n) is 14.8. The summed E-state index contributed by atoms with van der Waals surface area (Å²) in [4.78, 5) is 19.5. The molecule has 1 aliphatic rings. The minimum atomic E-state index is -0.135.